The summed E-state index contributed by atoms with van der Waals surface area (Å²) < 4.78 is 7.84. The monoisotopic (exact) mass is 604 g/mol. The SMILES string of the molecule is CCCCCCN1C(=O)C(C#N)=C(C)/C(=C\c2cn(-c3ccccc3)nc2-c2cccc(OCc3ccccc3Cl)c2)C1=O. The van der Waals surface area contributed by atoms with E-state index < -0.39 is 11.8 Å². The third-order valence-electron chi connectivity index (χ3n) is 7.58. The first-order valence-electron chi connectivity index (χ1n) is 14.7. The molecule has 0 N–H and O–H groups in total. The van der Waals surface area contributed by atoms with Crippen LogP contribution in [0.1, 0.15) is 50.7 Å². The summed E-state index contributed by atoms with van der Waals surface area (Å²) in [6, 6.07) is 26.8. The van der Waals surface area contributed by atoms with Gasteiger partial charge in [0.2, 0.25) is 0 Å². The van der Waals surface area contributed by atoms with Gasteiger partial charge in [0.15, 0.2) is 0 Å². The van der Waals surface area contributed by atoms with E-state index in [-0.39, 0.29) is 12.1 Å². The van der Waals surface area contributed by atoms with Crippen LogP contribution in [-0.2, 0) is 16.2 Å². The molecule has 7 nitrogen and oxygen atoms in total. The van der Waals surface area contributed by atoms with Crippen LogP contribution in [0, 0.1) is 11.3 Å². The number of ether oxygens (including phenoxy) is 1. The zero-order valence-corrected chi connectivity index (χ0v) is 25.6. The fraction of sp³-hybridized carbons (Fsp3) is 0.222. The van der Waals surface area contributed by atoms with E-state index in [1.54, 1.807) is 17.7 Å². The minimum Gasteiger partial charge on any atom is -0.489 e. The number of para-hydroxylation sites is 1. The van der Waals surface area contributed by atoms with Gasteiger partial charge in [-0.25, -0.2) is 4.68 Å². The Labute approximate surface area is 262 Å². The van der Waals surface area contributed by atoms with Crippen molar-refractivity contribution in [1.82, 2.24) is 14.7 Å². The van der Waals surface area contributed by atoms with Crippen molar-refractivity contribution in [3.8, 4) is 28.8 Å². The van der Waals surface area contributed by atoms with E-state index in [2.05, 4.69) is 6.92 Å². The van der Waals surface area contributed by atoms with Crippen LogP contribution in [0.2, 0.25) is 5.02 Å². The molecule has 2 heterocycles. The summed E-state index contributed by atoms with van der Waals surface area (Å²) in [5, 5.41) is 15.4. The van der Waals surface area contributed by atoms with Crippen molar-refractivity contribution in [3.05, 3.63) is 118 Å². The zero-order chi connectivity index (χ0) is 31.1. The number of halogens is 1. The topological polar surface area (TPSA) is 88.2 Å². The smallest absolute Gasteiger partial charge is 0.271 e. The Kier molecular flexibility index (Phi) is 9.73. The molecule has 8 heteroatoms. The maximum absolute atomic E-state index is 13.7. The molecular weight excluding hydrogens is 572 g/mol. The predicted molar refractivity (Wildman–Crippen MR) is 172 cm³/mol. The molecule has 0 atom stereocenters. The lowest BCUT2D eigenvalue weighted by atomic mass is 9.93. The van der Waals surface area contributed by atoms with Gasteiger partial charge in [0.1, 0.15) is 29.7 Å². The second-order valence-electron chi connectivity index (χ2n) is 10.6. The number of unbranched alkanes of at least 4 members (excludes halogenated alkanes) is 3. The molecule has 222 valence electrons. The summed E-state index contributed by atoms with van der Waals surface area (Å²) in [7, 11) is 0. The fourth-order valence-electron chi connectivity index (χ4n) is 5.12. The van der Waals surface area contributed by atoms with Gasteiger partial charge in [0.05, 0.1) is 5.69 Å². The molecule has 0 saturated carbocycles. The van der Waals surface area contributed by atoms with Gasteiger partial charge in [-0.1, -0.05) is 86.3 Å². The molecule has 0 spiro atoms. The number of hydrogen-bond donors (Lipinski definition) is 0. The Morgan fingerprint density at radius 1 is 0.955 bits per heavy atom. The van der Waals surface area contributed by atoms with Crippen LogP contribution in [0.15, 0.2) is 102 Å². The largest absolute Gasteiger partial charge is 0.489 e. The first-order valence-corrected chi connectivity index (χ1v) is 15.1. The minimum atomic E-state index is -0.535. The molecule has 0 bridgehead atoms. The van der Waals surface area contributed by atoms with Crippen LogP contribution >= 0.6 is 11.6 Å². The van der Waals surface area contributed by atoms with Crippen molar-refractivity contribution in [2.24, 2.45) is 0 Å². The normalized spacial score (nSPS) is 14.3. The molecule has 0 saturated heterocycles. The Bertz CT molecular complexity index is 1780. The van der Waals surface area contributed by atoms with Gasteiger partial charge in [-0.05, 0) is 55.3 Å². The van der Waals surface area contributed by atoms with Gasteiger partial charge < -0.3 is 4.74 Å². The van der Waals surface area contributed by atoms with Crippen LogP contribution in [0.5, 0.6) is 5.75 Å². The summed E-state index contributed by atoms with van der Waals surface area (Å²) in [5.41, 5.74) is 4.43. The number of rotatable bonds is 11. The molecule has 44 heavy (non-hydrogen) atoms. The number of imide groups is 1. The van der Waals surface area contributed by atoms with Crippen LogP contribution in [0.3, 0.4) is 0 Å². The lowest BCUT2D eigenvalue weighted by Gasteiger charge is -2.27. The van der Waals surface area contributed by atoms with E-state index in [0.717, 1.165) is 36.1 Å². The molecule has 5 rings (SSSR count). The molecular formula is C36H33ClN4O3. The highest BCUT2D eigenvalue weighted by atomic mass is 35.5. The molecule has 3 aromatic carbocycles. The van der Waals surface area contributed by atoms with Gasteiger partial charge in [0, 0.05) is 40.0 Å². The molecule has 2 amide bonds. The number of aromatic nitrogens is 2. The van der Waals surface area contributed by atoms with E-state index >= 15 is 0 Å². The summed E-state index contributed by atoms with van der Waals surface area (Å²) in [6.45, 7) is 4.33. The molecule has 1 aliphatic rings. The zero-order valence-electron chi connectivity index (χ0n) is 24.8. The molecule has 0 aliphatic carbocycles. The second kappa shape index (κ2) is 14.0. The molecule has 4 aromatic rings. The van der Waals surface area contributed by atoms with E-state index in [9.17, 15) is 14.9 Å². The third-order valence-corrected chi connectivity index (χ3v) is 7.95. The lowest BCUT2D eigenvalue weighted by molar-refractivity contribution is -0.140. The highest BCUT2D eigenvalue weighted by molar-refractivity contribution is 6.31. The van der Waals surface area contributed by atoms with Crippen molar-refractivity contribution in [3.63, 3.8) is 0 Å². The minimum absolute atomic E-state index is 0.0155. The average molecular weight is 605 g/mol. The van der Waals surface area contributed by atoms with Gasteiger partial charge in [-0.15, -0.1) is 0 Å². The highest BCUT2D eigenvalue weighted by Gasteiger charge is 2.35. The molecule has 1 aliphatic heterocycles. The fourth-order valence-corrected chi connectivity index (χ4v) is 5.32. The Balaban J connectivity index is 1.55. The van der Waals surface area contributed by atoms with Gasteiger partial charge >= 0.3 is 0 Å². The Hall–Kier alpha value is -4.93. The van der Waals surface area contributed by atoms with E-state index in [1.807, 2.05) is 91.1 Å². The van der Waals surface area contributed by atoms with Crippen molar-refractivity contribution < 1.29 is 14.3 Å². The summed E-state index contributed by atoms with van der Waals surface area (Å²) >= 11 is 6.32. The van der Waals surface area contributed by atoms with Gasteiger partial charge in [-0.2, -0.15) is 10.4 Å². The number of carbonyl (C=O) groups excluding carboxylic acids is 2. The van der Waals surface area contributed by atoms with Gasteiger partial charge in [0.25, 0.3) is 11.8 Å². The molecule has 0 unspecified atom stereocenters. The predicted octanol–water partition coefficient (Wildman–Crippen LogP) is 7.94. The van der Waals surface area contributed by atoms with Crippen molar-refractivity contribution >= 4 is 29.5 Å². The quantitative estimate of drug-likeness (QED) is 0.0985. The Morgan fingerprint density at radius 3 is 2.48 bits per heavy atom. The molecule has 0 fully saturated rings. The number of benzene rings is 3. The van der Waals surface area contributed by atoms with Crippen molar-refractivity contribution in [1.29, 1.82) is 5.26 Å². The number of hydrogen-bond acceptors (Lipinski definition) is 5. The maximum atomic E-state index is 13.7. The average Bonchev–Trinajstić information content (AvgIpc) is 3.47. The van der Waals surface area contributed by atoms with Gasteiger partial charge in [-0.3, -0.25) is 14.5 Å². The number of nitriles is 1. The van der Waals surface area contributed by atoms with E-state index in [4.69, 9.17) is 21.4 Å². The number of amides is 2. The van der Waals surface area contributed by atoms with Crippen LogP contribution in [0.25, 0.3) is 23.0 Å². The molecule has 1 aromatic heterocycles. The lowest BCUT2D eigenvalue weighted by Crippen LogP contribution is -2.43. The van der Waals surface area contributed by atoms with Crippen LogP contribution < -0.4 is 4.74 Å². The van der Waals surface area contributed by atoms with E-state index in [0.29, 0.717) is 46.2 Å². The summed E-state index contributed by atoms with van der Waals surface area (Å²) in [4.78, 5) is 28.0. The summed E-state index contributed by atoms with van der Waals surface area (Å²) in [5.74, 6) is -0.304. The third kappa shape index (κ3) is 6.66. The highest BCUT2D eigenvalue weighted by Crippen LogP contribution is 2.33. The second-order valence-corrected chi connectivity index (χ2v) is 11.0. The standard InChI is InChI=1S/C36H33ClN4O3/c1-3-4-5-11-19-40-35(42)31(25(2)32(22-38)36(40)43)21-28-23-41(29-15-7-6-8-16-29)39-34(28)26-14-12-17-30(20-26)44-24-27-13-9-10-18-33(27)37/h6-10,12-18,20-21,23H,3-5,11,19,24H2,1-2H3/b31-21+. The summed E-state index contributed by atoms with van der Waals surface area (Å²) in [6.07, 6.45) is 7.23. The molecule has 0 radical (unpaired) electrons. The first-order chi connectivity index (χ1) is 21.4. The first kappa shape index (κ1) is 30.5. The van der Waals surface area contributed by atoms with Crippen molar-refractivity contribution in [2.75, 3.05) is 6.54 Å². The van der Waals surface area contributed by atoms with Crippen molar-refractivity contribution in [2.45, 2.75) is 46.1 Å². The van der Waals surface area contributed by atoms with E-state index in [1.165, 1.54) is 4.90 Å². The Morgan fingerprint density at radius 2 is 1.73 bits per heavy atom. The maximum Gasteiger partial charge on any atom is 0.271 e. The van der Waals surface area contributed by atoms with Crippen LogP contribution in [-0.4, -0.2) is 33.0 Å². The van der Waals surface area contributed by atoms with Crippen LogP contribution in [0.4, 0.5) is 0 Å². The number of carbonyl (C=O) groups is 2. The number of nitrogens with zero attached hydrogens (tertiary/aromatic N) is 4.